The predicted molar refractivity (Wildman–Crippen MR) is 69.8 cm³/mol. The Morgan fingerprint density at radius 1 is 1.42 bits per heavy atom. The Hall–Kier alpha value is -1.77. The molecule has 0 aromatic heterocycles. The molecule has 0 aliphatic carbocycles. The summed E-state index contributed by atoms with van der Waals surface area (Å²) in [5.74, 6) is 0.437. The highest BCUT2D eigenvalue weighted by molar-refractivity contribution is 5.43. The van der Waals surface area contributed by atoms with Crippen molar-refractivity contribution in [1.82, 2.24) is 4.90 Å². The Balaban J connectivity index is 2.20. The first-order chi connectivity index (χ1) is 9.15. The van der Waals surface area contributed by atoms with Crippen LogP contribution in [0.3, 0.4) is 0 Å². The van der Waals surface area contributed by atoms with Crippen molar-refractivity contribution in [1.29, 1.82) is 5.26 Å². The summed E-state index contributed by atoms with van der Waals surface area (Å²) >= 11 is 0. The number of aromatic hydroxyl groups is 1. The van der Waals surface area contributed by atoms with Gasteiger partial charge in [0.15, 0.2) is 11.5 Å². The lowest BCUT2D eigenvalue weighted by Crippen LogP contribution is -2.38. The smallest absolute Gasteiger partial charge is 0.160 e. The summed E-state index contributed by atoms with van der Waals surface area (Å²) in [5.41, 5.74) is 0.800. The Morgan fingerprint density at radius 3 is 2.68 bits per heavy atom. The number of hydrogen-bond donors (Lipinski definition) is 2. The number of benzene rings is 1. The van der Waals surface area contributed by atoms with E-state index in [0.29, 0.717) is 31.7 Å². The van der Waals surface area contributed by atoms with Crippen molar-refractivity contribution < 1.29 is 14.9 Å². The number of aliphatic hydroxyl groups excluding tert-OH is 1. The topological polar surface area (TPSA) is 76.7 Å². The summed E-state index contributed by atoms with van der Waals surface area (Å²) in [6.07, 6.45) is 1.12. The zero-order valence-electron chi connectivity index (χ0n) is 10.9. The van der Waals surface area contributed by atoms with Gasteiger partial charge in [-0.15, -0.1) is 0 Å². The first-order valence-corrected chi connectivity index (χ1v) is 6.34. The van der Waals surface area contributed by atoms with Crippen LogP contribution in [0.15, 0.2) is 18.2 Å². The SMILES string of the molecule is COc1cc(C(C#N)N2CCC(O)CC2)ccc1O. The van der Waals surface area contributed by atoms with E-state index in [1.165, 1.54) is 13.2 Å². The third-order valence-corrected chi connectivity index (χ3v) is 3.51. The van der Waals surface area contributed by atoms with Gasteiger partial charge in [-0.05, 0) is 30.5 Å². The second-order valence-electron chi connectivity index (χ2n) is 4.73. The third-order valence-electron chi connectivity index (χ3n) is 3.51. The minimum atomic E-state index is -0.373. The van der Waals surface area contributed by atoms with E-state index in [9.17, 15) is 15.5 Å². The molecule has 1 aliphatic heterocycles. The number of piperidine rings is 1. The number of phenolic OH excluding ortho intramolecular Hbond substituents is 1. The lowest BCUT2D eigenvalue weighted by molar-refractivity contribution is 0.0716. The standard InChI is InChI=1S/C14H18N2O3/c1-19-14-8-10(2-3-13(14)18)12(9-15)16-6-4-11(17)5-7-16/h2-3,8,11-12,17-18H,4-7H2,1H3. The molecule has 1 aromatic carbocycles. The molecule has 1 fully saturated rings. The second-order valence-corrected chi connectivity index (χ2v) is 4.73. The molecule has 1 unspecified atom stereocenters. The molecule has 5 heteroatoms. The van der Waals surface area contributed by atoms with Crippen molar-refractivity contribution in [2.75, 3.05) is 20.2 Å². The van der Waals surface area contributed by atoms with Crippen LogP contribution in [0, 0.1) is 11.3 Å². The molecule has 2 rings (SSSR count). The number of methoxy groups -OCH3 is 1. The van der Waals surface area contributed by atoms with Crippen molar-refractivity contribution in [3.8, 4) is 17.6 Å². The number of ether oxygens (including phenoxy) is 1. The largest absolute Gasteiger partial charge is 0.504 e. The van der Waals surface area contributed by atoms with Crippen LogP contribution >= 0.6 is 0 Å². The number of aliphatic hydroxyl groups is 1. The number of rotatable bonds is 3. The quantitative estimate of drug-likeness (QED) is 0.861. The Labute approximate surface area is 112 Å². The lowest BCUT2D eigenvalue weighted by Gasteiger charge is -2.33. The van der Waals surface area contributed by atoms with E-state index in [1.54, 1.807) is 12.1 Å². The first kappa shape index (κ1) is 13.7. The molecule has 2 N–H and O–H groups in total. The number of likely N-dealkylation sites (tertiary alicyclic amines) is 1. The molecule has 1 aromatic rings. The molecule has 1 heterocycles. The maximum atomic E-state index is 9.58. The fourth-order valence-corrected chi connectivity index (χ4v) is 2.38. The highest BCUT2D eigenvalue weighted by Gasteiger charge is 2.25. The van der Waals surface area contributed by atoms with E-state index in [0.717, 1.165) is 5.56 Å². The zero-order valence-corrected chi connectivity index (χ0v) is 10.9. The van der Waals surface area contributed by atoms with Crippen molar-refractivity contribution in [2.45, 2.75) is 25.0 Å². The predicted octanol–water partition coefficient (Wildman–Crippen LogP) is 1.42. The lowest BCUT2D eigenvalue weighted by atomic mass is 10.0. The van der Waals surface area contributed by atoms with Crippen molar-refractivity contribution in [3.05, 3.63) is 23.8 Å². The zero-order chi connectivity index (χ0) is 13.8. The average molecular weight is 262 g/mol. The maximum Gasteiger partial charge on any atom is 0.160 e. The summed E-state index contributed by atoms with van der Waals surface area (Å²) in [5, 5.41) is 28.5. The van der Waals surface area contributed by atoms with Crippen LogP contribution in [-0.2, 0) is 0 Å². The molecule has 5 nitrogen and oxygen atoms in total. The maximum absolute atomic E-state index is 9.58. The highest BCUT2D eigenvalue weighted by atomic mass is 16.5. The van der Waals surface area contributed by atoms with E-state index < -0.39 is 0 Å². The Bertz CT molecular complexity index is 476. The first-order valence-electron chi connectivity index (χ1n) is 6.34. The van der Waals surface area contributed by atoms with Crippen molar-refractivity contribution >= 4 is 0 Å². The van der Waals surface area contributed by atoms with Crippen LogP contribution in [-0.4, -0.2) is 41.4 Å². The second kappa shape index (κ2) is 5.91. The molecule has 1 saturated heterocycles. The van der Waals surface area contributed by atoms with E-state index >= 15 is 0 Å². The summed E-state index contributed by atoms with van der Waals surface area (Å²) < 4.78 is 5.07. The summed E-state index contributed by atoms with van der Waals surface area (Å²) in [4.78, 5) is 2.04. The molecule has 0 bridgehead atoms. The minimum Gasteiger partial charge on any atom is -0.504 e. The van der Waals surface area contributed by atoms with Crippen LogP contribution in [0.1, 0.15) is 24.4 Å². The van der Waals surface area contributed by atoms with Crippen molar-refractivity contribution in [3.63, 3.8) is 0 Å². The molecule has 0 amide bonds. The fraction of sp³-hybridized carbons (Fsp3) is 0.500. The molecule has 0 spiro atoms. The molecule has 102 valence electrons. The van der Waals surface area contributed by atoms with Gasteiger partial charge in [0.25, 0.3) is 0 Å². The van der Waals surface area contributed by atoms with Crippen LogP contribution in [0.2, 0.25) is 0 Å². The highest BCUT2D eigenvalue weighted by Crippen LogP contribution is 2.31. The van der Waals surface area contributed by atoms with E-state index in [1.807, 2.05) is 4.90 Å². The van der Waals surface area contributed by atoms with Gasteiger partial charge in [-0.1, -0.05) is 6.07 Å². The van der Waals surface area contributed by atoms with Gasteiger partial charge in [0.1, 0.15) is 6.04 Å². The Morgan fingerprint density at radius 2 is 2.11 bits per heavy atom. The van der Waals surface area contributed by atoms with Gasteiger partial charge >= 0.3 is 0 Å². The summed E-state index contributed by atoms with van der Waals surface area (Å²) in [7, 11) is 1.48. The number of nitrogens with zero attached hydrogens (tertiary/aromatic N) is 2. The van der Waals surface area contributed by atoms with Gasteiger partial charge < -0.3 is 14.9 Å². The normalized spacial score (nSPS) is 18.8. The van der Waals surface area contributed by atoms with Crippen molar-refractivity contribution in [2.24, 2.45) is 0 Å². The molecular weight excluding hydrogens is 244 g/mol. The average Bonchev–Trinajstić information content (AvgIpc) is 2.43. The van der Waals surface area contributed by atoms with Gasteiger partial charge in [0.2, 0.25) is 0 Å². The third kappa shape index (κ3) is 2.98. The summed E-state index contributed by atoms with van der Waals surface area (Å²) in [6.45, 7) is 1.39. The number of phenols is 1. The minimum absolute atomic E-state index is 0.0667. The van der Waals surface area contributed by atoms with E-state index in [4.69, 9.17) is 4.74 Å². The Kier molecular flexibility index (Phi) is 4.25. The molecule has 1 atom stereocenters. The molecule has 0 saturated carbocycles. The molecule has 1 aliphatic rings. The molecular formula is C14H18N2O3. The van der Waals surface area contributed by atoms with Gasteiger partial charge in [-0.3, -0.25) is 4.90 Å². The van der Waals surface area contributed by atoms with Gasteiger partial charge in [0.05, 0.1) is 19.3 Å². The monoisotopic (exact) mass is 262 g/mol. The van der Waals surface area contributed by atoms with Gasteiger partial charge in [-0.2, -0.15) is 5.26 Å². The van der Waals surface area contributed by atoms with Crippen LogP contribution in [0.5, 0.6) is 11.5 Å². The van der Waals surface area contributed by atoms with Crippen LogP contribution in [0.25, 0.3) is 0 Å². The number of nitriles is 1. The van der Waals surface area contributed by atoms with E-state index in [2.05, 4.69) is 6.07 Å². The van der Waals surface area contributed by atoms with Crippen LogP contribution < -0.4 is 4.74 Å². The van der Waals surface area contributed by atoms with E-state index in [-0.39, 0.29) is 17.9 Å². The van der Waals surface area contributed by atoms with Crippen LogP contribution in [0.4, 0.5) is 0 Å². The summed E-state index contributed by atoms with van der Waals surface area (Å²) in [6, 6.07) is 6.87. The number of hydrogen-bond acceptors (Lipinski definition) is 5. The van der Waals surface area contributed by atoms with Gasteiger partial charge in [-0.25, -0.2) is 0 Å². The molecule has 19 heavy (non-hydrogen) atoms. The van der Waals surface area contributed by atoms with Gasteiger partial charge in [0, 0.05) is 13.1 Å². The fourth-order valence-electron chi connectivity index (χ4n) is 2.38. The molecule has 0 radical (unpaired) electrons.